The molecule has 0 unspecified atom stereocenters. The van der Waals surface area contributed by atoms with E-state index in [4.69, 9.17) is 0 Å². The number of ketones is 1. The van der Waals surface area contributed by atoms with Gasteiger partial charge in [0.15, 0.2) is 5.78 Å². The summed E-state index contributed by atoms with van der Waals surface area (Å²) in [5.41, 5.74) is 0.982. The molecule has 3 rings (SSSR count). The van der Waals surface area contributed by atoms with Crippen molar-refractivity contribution in [2.24, 2.45) is 0 Å². The Kier molecular flexibility index (Phi) is 5.18. The first-order valence-electron chi connectivity index (χ1n) is 8.82. The highest BCUT2D eigenvalue weighted by Gasteiger charge is 2.49. The quantitative estimate of drug-likeness (QED) is 0.554. The van der Waals surface area contributed by atoms with Gasteiger partial charge in [0.25, 0.3) is 5.91 Å². The summed E-state index contributed by atoms with van der Waals surface area (Å²) in [4.78, 5) is 38.8. The summed E-state index contributed by atoms with van der Waals surface area (Å²) < 4.78 is 24.8. The summed E-state index contributed by atoms with van der Waals surface area (Å²) in [5, 5.41) is 2.67. The number of hydrogen-bond acceptors (Lipinski definition) is 5. The second kappa shape index (κ2) is 7.32. The second-order valence-electron chi connectivity index (χ2n) is 7.19. The number of imide groups is 1. The van der Waals surface area contributed by atoms with Crippen molar-refractivity contribution in [3.05, 3.63) is 65.2 Å². The van der Waals surface area contributed by atoms with Crippen molar-refractivity contribution in [3.8, 4) is 0 Å². The molecular formula is C20H21N3O5S. The number of carbonyl (C=O) groups is 3. The van der Waals surface area contributed by atoms with Crippen LogP contribution in [0.25, 0.3) is 0 Å². The maximum Gasteiger partial charge on any atom is 0.325 e. The molecule has 9 heteroatoms. The standard InChI is InChI=1S/C20H21N3O5S/c1-13-4-8-15(9-5-13)20(2)18(25)23(19(26)21-20)12-17(24)14-6-10-16(11-7-14)22-29(3,27)28/h4-11,22H,12H2,1-3H3,(H,21,26)/t20-/m1/s1. The van der Waals surface area contributed by atoms with E-state index in [-0.39, 0.29) is 5.56 Å². The maximum atomic E-state index is 12.9. The van der Waals surface area contributed by atoms with E-state index in [0.29, 0.717) is 11.3 Å². The highest BCUT2D eigenvalue weighted by atomic mass is 32.2. The molecule has 1 aliphatic heterocycles. The molecule has 0 bridgehead atoms. The van der Waals surface area contributed by atoms with Crippen LogP contribution >= 0.6 is 0 Å². The third kappa shape index (κ3) is 4.29. The van der Waals surface area contributed by atoms with Crippen LogP contribution in [0, 0.1) is 6.92 Å². The Labute approximate surface area is 169 Å². The Hall–Kier alpha value is -3.20. The van der Waals surface area contributed by atoms with Crippen LogP contribution in [0.15, 0.2) is 48.5 Å². The number of aryl methyl sites for hydroxylation is 1. The van der Waals surface area contributed by atoms with E-state index in [1.807, 2.05) is 19.1 Å². The van der Waals surface area contributed by atoms with Crippen LogP contribution in [0.5, 0.6) is 0 Å². The van der Waals surface area contributed by atoms with E-state index < -0.39 is 39.8 Å². The van der Waals surface area contributed by atoms with Crippen molar-refractivity contribution in [1.29, 1.82) is 0 Å². The van der Waals surface area contributed by atoms with Crippen LogP contribution in [0.3, 0.4) is 0 Å². The third-order valence-electron chi connectivity index (χ3n) is 4.72. The lowest BCUT2D eigenvalue weighted by Crippen LogP contribution is -2.41. The Balaban J connectivity index is 1.76. The summed E-state index contributed by atoms with van der Waals surface area (Å²) >= 11 is 0. The number of nitrogens with one attached hydrogen (secondary N) is 2. The molecule has 2 aromatic carbocycles. The number of anilines is 1. The SMILES string of the molecule is Cc1ccc([C@@]2(C)NC(=O)N(CC(=O)c3ccc(NS(C)(=O)=O)cc3)C2=O)cc1. The van der Waals surface area contributed by atoms with Gasteiger partial charge in [0.05, 0.1) is 12.8 Å². The fraction of sp³-hybridized carbons (Fsp3) is 0.250. The van der Waals surface area contributed by atoms with E-state index in [2.05, 4.69) is 10.0 Å². The van der Waals surface area contributed by atoms with Crippen molar-refractivity contribution in [2.45, 2.75) is 19.4 Å². The average molecular weight is 415 g/mol. The Morgan fingerprint density at radius 1 is 1.07 bits per heavy atom. The first kappa shape index (κ1) is 20.5. The third-order valence-corrected chi connectivity index (χ3v) is 5.32. The van der Waals surface area contributed by atoms with Gasteiger partial charge in [-0.25, -0.2) is 13.2 Å². The van der Waals surface area contributed by atoms with Gasteiger partial charge in [-0.2, -0.15) is 0 Å². The summed E-state index contributed by atoms with van der Waals surface area (Å²) in [7, 11) is -3.43. The summed E-state index contributed by atoms with van der Waals surface area (Å²) in [6.07, 6.45) is 1.02. The number of sulfonamides is 1. The number of benzene rings is 2. The van der Waals surface area contributed by atoms with Crippen LogP contribution in [0.2, 0.25) is 0 Å². The molecule has 0 aromatic heterocycles. The van der Waals surface area contributed by atoms with Crippen LogP contribution in [0.1, 0.15) is 28.4 Å². The molecule has 1 atom stereocenters. The van der Waals surface area contributed by atoms with Crippen LogP contribution in [-0.2, 0) is 20.4 Å². The molecule has 152 valence electrons. The monoisotopic (exact) mass is 415 g/mol. The van der Waals surface area contributed by atoms with Gasteiger partial charge >= 0.3 is 6.03 Å². The molecule has 0 saturated carbocycles. The van der Waals surface area contributed by atoms with Gasteiger partial charge in [0, 0.05) is 11.3 Å². The Bertz CT molecular complexity index is 1080. The topological polar surface area (TPSA) is 113 Å². The molecule has 1 saturated heterocycles. The average Bonchev–Trinajstić information content (AvgIpc) is 2.85. The zero-order valence-electron chi connectivity index (χ0n) is 16.2. The van der Waals surface area contributed by atoms with Crippen LogP contribution < -0.4 is 10.0 Å². The zero-order valence-corrected chi connectivity index (χ0v) is 17.0. The van der Waals surface area contributed by atoms with Gasteiger partial charge < -0.3 is 5.32 Å². The van der Waals surface area contributed by atoms with E-state index in [9.17, 15) is 22.8 Å². The van der Waals surface area contributed by atoms with Crippen LogP contribution in [-0.4, -0.2) is 43.8 Å². The van der Waals surface area contributed by atoms with Crippen molar-refractivity contribution < 1.29 is 22.8 Å². The number of carbonyl (C=O) groups excluding carboxylic acids is 3. The van der Waals surface area contributed by atoms with E-state index in [1.54, 1.807) is 19.1 Å². The Morgan fingerprint density at radius 3 is 2.21 bits per heavy atom. The fourth-order valence-corrected chi connectivity index (χ4v) is 3.66. The summed E-state index contributed by atoms with van der Waals surface area (Å²) in [5.74, 6) is -0.942. The minimum Gasteiger partial charge on any atom is -0.319 e. The molecule has 2 aromatic rings. The van der Waals surface area contributed by atoms with E-state index >= 15 is 0 Å². The van der Waals surface area contributed by atoms with Crippen molar-refractivity contribution >= 4 is 33.4 Å². The lowest BCUT2D eigenvalue weighted by Gasteiger charge is -2.22. The number of nitrogens with zero attached hydrogens (tertiary/aromatic N) is 1. The normalized spacial score (nSPS) is 19.2. The predicted octanol–water partition coefficient (Wildman–Crippen LogP) is 2.02. The van der Waals surface area contributed by atoms with Crippen molar-refractivity contribution in [1.82, 2.24) is 10.2 Å². The van der Waals surface area contributed by atoms with Gasteiger partial charge in [-0.05, 0) is 43.7 Å². The zero-order chi connectivity index (χ0) is 21.4. The summed E-state index contributed by atoms with van der Waals surface area (Å²) in [6, 6.07) is 12.4. The van der Waals surface area contributed by atoms with Crippen molar-refractivity contribution in [3.63, 3.8) is 0 Å². The lowest BCUT2D eigenvalue weighted by atomic mass is 9.91. The summed E-state index contributed by atoms with van der Waals surface area (Å²) in [6.45, 7) is 3.11. The predicted molar refractivity (Wildman–Crippen MR) is 108 cm³/mol. The fourth-order valence-electron chi connectivity index (χ4n) is 3.10. The molecule has 2 N–H and O–H groups in total. The van der Waals surface area contributed by atoms with Gasteiger partial charge in [0.2, 0.25) is 10.0 Å². The van der Waals surface area contributed by atoms with Crippen LogP contribution in [0.4, 0.5) is 10.5 Å². The largest absolute Gasteiger partial charge is 0.325 e. The molecule has 0 aliphatic carbocycles. The molecule has 1 fully saturated rings. The molecule has 0 spiro atoms. The highest BCUT2D eigenvalue weighted by Crippen LogP contribution is 2.29. The smallest absolute Gasteiger partial charge is 0.319 e. The number of amides is 3. The van der Waals surface area contributed by atoms with Gasteiger partial charge in [-0.15, -0.1) is 0 Å². The molecule has 1 aliphatic rings. The number of Topliss-reactive ketones (excluding diaryl/α,β-unsaturated/α-hetero) is 1. The first-order chi connectivity index (χ1) is 13.5. The second-order valence-corrected chi connectivity index (χ2v) is 8.94. The number of urea groups is 1. The van der Waals surface area contributed by atoms with Gasteiger partial charge in [-0.3, -0.25) is 19.2 Å². The lowest BCUT2D eigenvalue weighted by molar-refractivity contribution is -0.130. The van der Waals surface area contributed by atoms with Crippen molar-refractivity contribution in [2.75, 3.05) is 17.5 Å². The molecule has 3 amide bonds. The van der Waals surface area contributed by atoms with Gasteiger partial charge in [-0.1, -0.05) is 29.8 Å². The van der Waals surface area contributed by atoms with Gasteiger partial charge in [0.1, 0.15) is 5.54 Å². The molecule has 0 radical (unpaired) electrons. The first-order valence-corrected chi connectivity index (χ1v) is 10.7. The minimum atomic E-state index is -3.43. The van der Waals surface area contributed by atoms with E-state index in [0.717, 1.165) is 16.7 Å². The maximum absolute atomic E-state index is 12.9. The number of hydrogen-bond donors (Lipinski definition) is 2. The molecule has 29 heavy (non-hydrogen) atoms. The number of rotatable bonds is 6. The minimum absolute atomic E-state index is 0.258. The Morgan fingerprint density at radius 2 is 1.66 bits per heavy atom. The molecule has 1 heterocycles. The van der Waals surface area contributed by atoms with E-state index in [1.165, 1.54) is 24.3 Å². The highest BCUT2D eigenvalue weighted by molar-refractivity contribution is 7.92. The molecular weight excluding hydrogens is 394 g/mol. The molecule has 8 nitrogen and oxygen atoms in total.